The fourth-order valence-electron chi connectivity index (χ4n) is 2.21. The van der Waals surface area contributed by atoms with Crippen LogP contribution in [0, 0.1) is 6.92 Å². The molecule has 82 valence electrons. The molecule has 3 rings (SSSR count). The van der Waals surface area contributed by atoms with Crippen LogP contribution in [0.5, 0.6) is 0 Å². The first-order chi connectivity index (χ1) is 7.75. The Morgan fingerprint density at radius 2 is 2.00 bits per heavy atom. The minimum atomic E-state index is 0.896. The van der Waals surface area contributed by atoms with Crippen molar-refractivity contribution in [1.82, 2.24) is 19.9 Å². The van der Waals surface area contributed by atoms with Crippen LogP contribution in [0.1, 0.15) is 17.0 Å². The molecule has 2 aromatic rings. The molecule has 0 radical (unpaired) electrons. The average molecular weight is 214 g/mol. The van der Waals surface area contributed by atoms with Crippen LogP contribution < -0.4 is 0 Å². The van der Waals surface area contributed by atoms with Crippen molar-refractivity contribution < 1.29 is 0 Å². The smallest absolute Gasteiger partial charge is 0.0846 e. The number of rotatable bonds is 0. The van der Waals surface area contributed by atoms with Gasteiger partial charge in [-0.05, 0) is 25.6 Å². The molecule has 0 unspecified atom stereocenters. The standard InChI is InChI=1S/C12H14N4/c1-9-12-8-15(2)7-10-5-3-4-6-11(10)16(12)14-13-9/h3-6H,7-8H2,1-2H3. The summed E-state index contributed by atoms with van der Waals surface area (Å²) in [5, 5.41) is 8.39. The Kier molecular flexibility index (Phi) is 2.04. The Bertz CT molecular complexity index is 530. The molecular weight excluding hydrogens is 200 g/mol. The second-order valence-corrected chi connectivity index (χ2v) is 4.33. The quantitative estimate of drug-likeness (QED) is 0.666. The van der Waals surface area contributed by atoms with E-state index in [2.05, 4.69) is 40.5 Å². The van der Waals surface area contributed by atoms with Crippen molar-refractivity contribution in [2.24, 2.45) is 0 Å². The molecule has 16 heavy (non-hydrogen) atoms. The third-order valence-electron chi connectivity index (χ3n) is 3.04. The van der Waals surface area contributed by atoms with Gasteiger partial charge in [0.2, 0.25) is 0 Å². The number of hydrogen-bond acceptors (Lipinski definition) is 3. The van der Waals surface area contributed by atoms with Gasteiger partial charge in [0.1, 0.15) is 0 Å². The van der Waals surface area contributed by atoms with E-state index in [1.807, 2.05) is 17.7 Å². The fourth-order valence-corrected chi connectivity index (χ4v) is 2.21. The highest BCUT2D eigenvalue weighted by molar-refractivity contribution is 5.42. The van der Waals surface area contributed by atoms with Crippen LogP contribution in [-0.4, -0.2) is 26.9 Å². The maximum Gasteiger partial charge on any atom is 0.0846 e. The van der Waals surface area contributed by atoms with Crippen molar-refractivity contribution in [3.05, 3.63) is 41.2 Å². The lowest BCUT2D eigenvalue weighted by atomic mass is 10.2. The highest BCUT2D eigenvalue weighted by Crippen LogP contribution is 2.23. The molecule has 1 aliphatic rings. The molecule has 0 saturated heterocycles. The Morgan fingerprint density at radius 1 is 1.19 bits per heavy atom. The molecule has 1 aliphatic heterocycles. The van der Waals surface area contributed by atoms with Gasteiger partial charge in [0.25, 0.3) is 0 Å². The Hall–Kier alpha value is -1.68. The highest BCUT2D eigenvalue weighted by atomic mass is 15.4. The van der Waals surface area contributed by atoms with Gasteiger partial charge in [0.15, 0.2) is 0 Å². The number of aromatic nitrogens is 3. The van der Waals surface area contributed by atoms with E-state index in [1.54, 1.807) is 0 Å². The Morgan fingerprint density at radius 3 is 2.88 bits per heavy atom. The van der Waals surface area contributed by atoms with Gasteiger partial charge in [-0.1, -0.05) is 23.4 Å². The summed E-state index contributed by atoms with van der Waals surface area (Å²) in [6.07, 6.45) is 0. The molecule has 0 atom stereocenters. The lowest BCUT2D eigenvalue weighted by molar-refractivity contribution is 0.319. The number of aryl methyl sites for hydroxylation is 1. The van der Waals surface area contributed by atoms with Gasteiger partial charge in [-0.15, -0.1) is 5.10 Å². The van der Waals surface area contributed by atoms with Crippen LogP contribution in [0.3, 0.4) is 0 Å². The lowest BCUT2D eigenvalue weighted by Gasteiger charge is -2.12. The zero-order chi connectivity index (χ0) is 11.1. The minimum Gasteiger partial charge on any atom is -0.296 e. The van der Waals surface area contributed by atoms with E-state index in [0.717, 1.165) is 24.5 Å². The summed E-state index contributed by atoms with van der Waals surface area (Å²) in [6, 6.07) is 8.37. The molecule has 1 aromatic carbocycles. The van der Waals surface area contributed by atoms with Gasteiger partial charge in [-0.2, -0.15) is 0 Å². The fraction of sp³-hybridized carbons (Fsp3) is 0.333. The SMILES string of the molecule is Cc1nnn2c1CN(C)Cc1ccccc1-2. The van der Waals surface area contributed by atoms with E-state index in [1.165, 1.54) is 11.3 Å². The molecule has 0 fully saturated rings. The number of nitrogens with zero attached hydrogens (tertiary/aromatic N) is 4. The summed E-state index contributed by atoms with van der Waals surface area (Å²) in [4.78, 5) is 2.29. The molecule has 0 aliphatic carbocycles. The molecule has 0 N–H and O–H groups in total. The molecule has 0 saturated carbocycles. The zero-order valence-electron chi connectivity index (χ0n) is 9.51. The van der Waals surface area contributed by atoms with Gasteiger partial charge in [-0.3, -0.25) is 4.90 Å². The van der Waals surface area contributed by atoms with Crippen molar-refractivity contribution in [2.45, 2.75) is 20.0 Å². The second kappa shape index (κ2) is 3.42. The summed E-state index contributed by atoms with van der Waals surface area (Å²) in [6.45, 7) is 3.87. The minimum absolute atomic E-state index is 0.896. The second-order valence-electron chi connectivity index (χ2n) is 4.33. The third-order valence-corrected chi connectivity index (χ3v) is 3.04. The van der Waals surface area contributed by atoms with Crippen molar-refractivity contribution in [3.63, 3.8) is 0 Å². The number of hydrogen-bond donors (Lipinski definition) is 0. The molecule has 1 aromatic heterocycles. The molecule has 0 amide bonds. The maximum atomic E-state index is 4.23. The molecular formula is C12H14N4. The third kappa shape index (κ3) is 1.34. The zero-order valence-corrected chi connectivity index (χ0v) is 9.51. The van der Waals surface area contributed by atoms with E-state index >= 15 is 0 Å². The van der Waals surface area contributed by atoms with E-state index in [0.29, 0.717) is 0 Å². The summed E-state index contributed by atoms with van der Waals surface area (Å²) in [7, 11) is 2.12. The van der Waals surface area contributed by atoms with Crippen LogP contribution in [-0.2, 0) is 13.1 Å². The summed E-state index contributed by atoms with van der Waals surface area (Å²) < 4.78 is 1.97. The van der Waals surface area contributed by atoms with Gasteiger partial charge >= 0.3 is 0 Å². The number of fused-ring (bicyclic) bond motifs is 3. The van der Waals surface area contributed by atoms with Crippen molar-refractivity contribution in [1.29, 1.82) is 0 Å². The van der Waals surface area contributed by atoms with Gasteiger partial charge in [0.05, 0.1) is 17.1 Å². The van der Waals surface area contributed by atoms with Gasteiger partial charge in [-0.25, -0.2) is 4.68 Å². The molecule has 0 spiro atoms. The van der Waals surface area contributed by atoms with E-state index in [-0.39, 0.29) is 0 Å². The summed E-state index contributed by atoms with van der Waals surface area (Å²) in [5.41, 5.74) is 4.66. The number of benzene rings is 1. The average Bonchev–Trinajstić information content (AvgIpc) is 2.56. The van der Waals surface area contributed by atoms with E-state index in [9.17, 15) is 0 Å². The molecule has 4 nitrogen and oxygen atoms in total. The van der Waals surface area contributed by atoms with E-state index < -0.39 is 0 Å². The first-order valence-electron chi connectivity index (χ1n) is 5.43. The molecule has 4 heteroatoms. The van der Waals surface area contributed by atoms with Crippen LogP contribution in [0.2, 0.25) is 0 Å². The van der Waals surface area contributed by atoms with E-state index in [4.69, 9.17) is 0 Å². The van der Waals surface area contributed by atoms with Crippen LogP contribution in [0.15, 0.2) is 24.3 Å². The van der Waals surface area contributed by atoms with Crippen LogP contribution in [0.25, 0.3) is 5.69 Å². The number of para-hydroxylation sites is 1. The molecule has 0 bridgehead atoms. The van der Waals surface area contributed by atoms with Crippen molar-refractivity contribution in [2.75, 3.05) is 7.05 Å². The lowest BCUT2D eigenvalue weighted by Crippen LogP contribution is -2.16. The first-order valence-corrected chi connectivity index (χ1v) is 5.43. The van der Waals surface area contributed by atoms with Gasteiger partial charge < -0.3 is 0 Å². The normalized spacial score (nSPS) is 15.4. The summed E-state index contributed by atoms with van der Waals surface area (Å²) in [5.74, 6) is 0. The Labute approximate surface area is 94.5 Å². The topological polar surface area (TPSA) is 34.0 Å². The van der Waals surface area contributed by atoms with Crippen LogP contribution in [0.4, 0.5) is 0 Å². The predicted octanol–water partition coefficient (Wildman–Crippen LogP) is 1.52. The Balaban J connectivity index is 2.27. The largest absolute Gasteiger partial charge is 0.296 e. The summed E-state index contributed by atoms with van der Waals surface area (Å²) >= 11 is 0. The monoisotopic (exact) mass is 214 g/mol. The maximum absolute atomic E-state index is 4.23. The predicted molar refractivity (Wildman–Crippen MR) is 61.3 cm³/mol. The van der Waals surface area contributed by atoms with Crippen molar-refractivity contribution >= 4 is 0 Å². The van der Waals surface area contributed by atoms with Crippen molar-refractivity contribution in [3.8, 4) is 5.69 Å². The first kappa shape index (κ1) is 9.54. The molecule has 2 heterocycles. The van der Waals surface area contributed by atoms with Crippen LogP contribution >= 0.6 is 0 Å². The highest BCUT2D eigenvalue weighted by Gasteiger charge is 2.19. The van der Waals surface area contributed by atoms with Gasteiger partial charge in [0, 0.05) is 13.1 Å².